The molecule has 180 valence electrons. The largest absolute Gasteiger partial charge is 0.508 e. The summed E-state index contributed by atoms with van der Waals surface area (Å²) in [6.45, 7) is 5.69. The molecular weight excluding hydrogens is 446 g/mol. The first kappa shape index (κ1) is 23.9. The number of carbonyl (C=O) groups is 2. The molecule has 0 saturated carbocycles. The summed E-state index contributed by atoms with van der Waals surface area (Å²) in [5.41, 5.74) is 2.06. The van der Waals surface area contributed by atoms with E-state index in [1.54, 1.807) is 54.6 Å². The number of phenolic OH excluding ortho intramolecular Hbond substituents is 1. The minimum Gasteiger partial charge on any atom is -0.508 e. The van der Waals surface area contributed by atoms with E-state index in [2.05, 4.69) is 0 Å². The van der Waals surface area contributed by atoms with Crippen LogP contribution >= 0.6 is 0 Å². The number of para-hydroxylation sites is 2. The molecule has 4 rings (SSSR count). The molecule has 1 atom stereocenters. The van der Waals surface area contributed by atoms with Gasteiger partial charge in [-0.1, -0.05) is 24.3 Å². The number of phenols is 1. The zero-order chi connectivity index (χ0) is 25.3. The van der Waals surface area contributed by atoms with E-state index >= 15 is 0 Å². The van der Waals surface area contributed by atoms with Gasteiger partial charge in [0.05, 0.1) is 30.5 Å². The highest BCUT2D eigenvalue weighted by Crippen LogP contribution is 2.45. The number of anilines is 1. The van der Waals surface area contributed by atoms with Crippen LogP contribution < -0.4 is 14.4 Å². The molecule has 1 saturated heterocycles. The molecule has 1 heterocycles. The number of carbonyl (C=O) groups excluding carboxylic acids is 2. The summed E-state index contributed by atoms with van der Waals surface area (Å²) in [7, 11) is 1.48. The molecule has 3 aromatic rings. The second-order valence-electron chi connectivity index (χ2n) is 8.58. The van der Waals surface area contributed by atoms with E-state index in [0.717, 1.165) is 5.56 Å². The van der Waals surface area contributed by atoms with E-state index in [-0.39, 0.29) is 23.2 Å². The number of hydrogen-bond acceptors (Lipinski definition) is 6. The number of ether oxygens (including phenoxy) is 2. The summed E-state index contributed by atoms with van der Waals surface area (Å²) >= 11 is 0. The van der Waals surface area contributed by atoms with Gasteiger partial charge in [-0.15, -0.1) is 0 Å². The van der Waals surface area contributed by atoms with Crippen molar-refractivity contribution in [2.24, 2.45) is 0 Å². The van der Waals surface area contributed by atoms with Crippen molar-refractivity contribution < 1.29 is 29.3 Å². The molecular formula is C28H27NO6. The van der Waals surface area contributed by atoms with Gasteiger partial charge in [0.2, 0.25) is 0 Å². The Labute approximate surface area is 203 Å². The van der Waals surface area contributed by atoms with Crippen LogP contribution in [0.15, 0.2) is 72.3 Å². The predicted octanol–water partition coefficient (Wildman–Crippen LogP) is 5.12. The standard InChI is InChI=1S/C28H27NO6/c1-16(2)35-22-14-11-19(15-17(22)3)26(31)24-25(18-9-12-20(30)13-10-18)29(28(33)27(24)32)21-7-5-6-8-23(21)34-4/h5-16,25,30-31H,1-4H3/b26-24-. The average molecular weight is 474 g/mol. The third kappa shape index (κ3) is 4.45. The Bertz CT molecular complexity index is 1310. The van der Waals surface area contributed by atoms with Gasteiger partial charge in [0.1, 0.15) is 23.0 Å². The Balaban J connectivity index is 1.91. The summed E-state index contributed by atoms with van der Waals surface area (Å²) < 4.78 is 11.2. The van der Waals surface area contributed by atoms with E-state index in [4.69, 9.17) is 9.47 Å². The number of Topliss-reactive ketones (excluding diaryl/α,β-unsaturated/α-hetero) is 1. The van der Waals surface area contributed by atoms with Crippen LogP contribution in [0.2, 0.25) is 0 Å². The molecule has 3 aromatic carbocycles. The number of rotatable bonds is 6. The molecule has 1 amide bonds. The number of aryl methyl sites for hydroxylation is 1. The second kappa shape index (κ2) is 9.54. The van der Waals surface area contributed by atoms with Crippen LogP contribution in [-0.4, -0.2) is 35.1 Å². The minimum atomic E-state index is -0.932. The first-order valence-corrected chi connectivity index (χ1v) is 11.2. The van der Waals surface area contributed by atoms with E-state index < -0.39 is 17.7 Å². The van der Waals surface area contributed by atoms with E-state index in [1.807, 2.05) is 20.8 Å². The van der Waals surface area contributed by atoms with Crippen LogP contribution in [0.3, 0.4) is 0 Å². The highest BCUT2D eigenvalue weighted by Gasteiger charge is 2.47. The predicted molar refractivity (Wildman–Crippen MR) is 133 cm³/mol. The van der Waals surface area contributed by atoms with Crippen molar-refractivity contribution >= 4 is 23.1 Å². The Morgan fingerprint density at radius 1 is 0.971 bits per heavy atom. The first-order chi connectivity index (χ1) is 16.7. The van der Waals surface area contributed by atoms with Gasteiger partial charge in [-0.3, -0.25) is 14.5 Å². The van der Waals surface area contributed by atoms with Gasteiger partial charge in [0.15, 0.2) is 0 Å². The number of benzene rings is 3. The van der Waals surface area contributed by atoms with Crippen molar-refractivity contribution in [2.75, 3.05) is 12.0 Å². The number of aromatic hydroxyl groups is 1. The quantitative estimate of drug-likeness (QED) is 0.293. The fourth-order valence-electron chi connectivity index (χ4n) is 4.22. The van der Waals surface area contributed by atoms with Gasteiger partial charge in [-0.25, -0.2) is 0 Å². The zero-order valence-corrected chi connectivity index (χ0v) is 20.0. The van der Waals surface area contributed by atoms with Crippen molar-refractivity contribution in [2.45, 2.75) is 32.9 Å². The van der Waals surface area contributed by atoms with Crippen LogP contribution in [0.4, 0.5) is 5.69 Å². The summed E-state index contributed by atoms with van der Waals surface area (Å²) in [6, 6.07) is 17.2. The molecule has 7 heteroatoms. The lowest BCUT2D eigenvalue weighted by molar-refractivity contribution is -0.132. The van der Waals surface area contributed by atoms with Gasteiger partial charge < -0.3 is 19.7 Å². The van der Waals surface area contributed by atoms with Crippen molar-refractivity contribution in [3.8, 4) is 17.2 Å². The lowest BCUT2D eigenvalue weighted by Crippen LogP contribution is -2.29. The van der Waals surface area contributed by atoms with Gasteiger partial charge in [-0.05, 0) is 74.4 Å². The van der Waals surface area contributed by atoms with E-state index in [9.17, 15) is 19.8 Å². The summed E-state index contributed by atoms with van der Waals surface area (Å²) in [6.07, 6.45) is -0.0196. The highest BCUT2D eigenvalue weighted by molar-refractivity contribution is 6.51. The zero-order valence-electron chi connectivity index (χ0n) is 20.0. The van der Waals surface area contributed by atoms with Crippen molar-refractivity contribution in [1.29, 1.82) is 0 Å². The summed E-state index contributed by atoms with van der Waals surface area (Å²) in [5.74, 6) is -0.778. The molecule has 0 spiro atoms. The third-order valence-electron chi connectivity index (χ3n) is 5.81. The number of hydrogen-bond donors (Lipinski definition) is 2. The number of aliphatic hydroxyl groups excluding tert-OH is 1. The monoisotopic (exact) mass is 473 g/mol. The second-order valence-corrected chi connectivity index (χ2v) is 8.58. The molecule has 7 nitrogen and oxygen atoms in total. The number of aliphatic hydroxyl groups is 1. The van der Waals surface area contributed by atoms with Gasteiger partial charge in [0, 0.05) is 5.56 Å². The van der Waals surface area contributed by atoms with Gasteiger partial charge >= 0.3 is 0 Å². The number of ketones is 1. The molecule has 35 heavy (non-hydrogen) atoms. The molecule has 1 aliphatic rings. The van der Waals surface area contributed by atoms with E-state index in [0.29, 0.717) is 28.3 Å². The molecule has 1 unspecified atom stereocenters. The van der Waals surface area contributed by atoms with Gasteiger partial charge in [-0.2, -0.15) is 0 Å². The molecule has 2 N–H and O–H groups in total. The normalized spacial score (nSPS) is 17.2. The summed E-state index contributed by atoms with van der Waals surface area (Å²) in [4.78, 5) is 28.0. The number of nitrogens with zero attached hydrogens (tertiary/aromatic N) is 1. The lowest BCUT2D eigenvalue weighted by atomic mass is 9.94. The molecule has 0 aliphatic carbocycles. The Kier molecular flexibility index (Phi) is 6.51. The van der Waals surface area contributed by atoms with Crippen LogP contribution in [0.1, 0.15) is 36.6 Å². The molecule has 0 aromatic heterocycles. The molecule has 1 fully saturated rings. The smallest absolute Gasteiger partial charge is 0.300 e. The van der Waals surface area contributed by atoms with Crippen molar-refractivity contribution in [1.82, 2.24) is 0 Å². The first-order valence-electron chi connectivity index (χ1n) is 11.2. The Hall–Kier alpha value is -4.26. The highest BCUT2D eigenvalue weighted by atomic mass is 16.5. The van der Waals surface area contributed by atoms with Crippen LogP contribution in [0, 0.1) is 6.92 Å². The Morgan fingerprint density at radius 2 is 1.66 bits per heavy atom. The van der Waals surface area contributed by atoms with Gasteiger partial charge in [0.25, 0.3) is 11.7 Å². The molecule has 0 bridgehead atoms. The maximum atomic E-state index is 13.3. The van der Waals surface area contributed by atoms with Crippen LogP contribution in [0.5, 0.6) is 17.2 Å². The average Bonchev–Trinajstić information content (AvgIpc) is 3.10. The lowest BCUT2D eigenvalue weighted by Gasteiger charge is -2.26. The molecule has 0 radical (unpaired) electrons. The van der Waals surface area contributed by atoms with Crippen LogP contribution in [0.25, 0.3) is 5.76 Å². The number of methoxy groups -OCH3 is 1. The molecule has 1 aliphatic heterocycles. The topological polar surface area (TPSA) is 96.3 Å². The van der Waals surface area contributed by atoms with Crippen molar-refractivity contribution in [3.05, 3.63) is 89.0 Å². The Morgan fingerprint density at radius 3 is 2.29 bits per heavy atom. The fourth-order valence-corrected chi connectivity index (χ4v) is 4.22. The van der Waals surface area contributed by atoms with Crippen LogP contribution in [-0.2, 0) is 9.59 Å². The summed E-state index contributed by atoms with van der Waals surface area (Å²) in [5, 5.41) is 21.1. The fraction of sp³-hybridized carbons (Fsp3) is 0.214. The maximum Gasteiger partial charge on any atom is 0.300 e. The van der Waals surface area contributed by atoms with E-state index in [1.165, 1.54) is 24.1 Å². The maximum absolute atomic E-state index is 13.3. The minimum absolute atomic E-state index is 0.0196. The number of amides is 1. The van der Waals surface area contributed by atoms with Crippen molar-refractivity contribution in [3.63, 3.8) is 0 Å². The third-order valence-corrected chi connectivity index (χ3v) is 5.81. The SMILES string of the molecule is COc1ccccc1N1C(=O)C(=O)/C(=C(\O)c2ccc(OC(C)C)c(C)c2)C1c1ccc(O)cc1.